The predicted molar refractivity (Wildman–Crippen MR) is 61.1 cm³/mol. The number of halogens is 3. The van der Waals surface area contributed by atoms with Gasteiger partial charge in [-0.05, 0) is 19.1 Å². The standard InChI is InChI=1S/C11H7F3N2OS/c1-5-15-4-8(18-5)11(17)16-7-3-2-6(12)9(13)10(7)14/h2-4H,1H3,(H,16,17). The van der Waals surface area contributed by atoms with Gasteiger partial charge >= 0.3 is 0 Å². The van der Waals surface area contributed by atoms with Crippen LogP contribution in [0.5, 0.6) is 0 Å². The number of carbonyl (C=O) groups is 1. The Balaban J connectivity index is 2.25. The van der Waals surface area contributed by atoms with Gasteiger partial charge in [0.15, 0.2) is 17.5 Å². The van der Waals surface area contributed by atoms with Crippen LogP contribution in [0, 0.1) is 24.4 Å². The van der Waals surface area contributed by atoms with Crippen LogP contribution in [-0.4, -0.2) is 10.9 Å². The third-order valence-electron chi connectivity index (χ3n) is 2.13. The summed E-state index contributed by atoms with van der Waals surface area (Å²) in [6, 6.07) is 1.70. The predicted octanol–water partition coefficient (Wildman–Crippen LogP) is 3.12. The summed E-state index contributed by atoms with van der Waals surface area (Å²) in [6.07, 6.45) is 1.33. The zero-order chi connectivity index (χ0) is 13.3. The first kappa shape index (κ1) is 12.6. The summed E-state index contributed by atoms with van der Waals surface area (Å²) < 4.78 is 38.9. The van der Waals surface area contributed by atoms with E-state index in [0.29, 0.717) is 5.01 Å². The van der Waals surface area contributed by atoms with Crippen LogP contribution in [0.1, 0.15) is 14.7 Å². The Labute approximate surface area is 104 Å². The number of anilines is 1. The van der Waals surface area contributed by atoms with Crippen LogP contribution in [0.15, 0.2) is 18.3 Å². The quantitative estimate of drug-likeness (QED) is 0.853. The van der Waals surface area contributed by atoms with Gasteiger partial charge in [-0.15, -0.1) is 11.3 Å². The van der Waals surface area contributed by atoms with Crippen LogP contribution in [0.25, 0.3) is 0 Å². The van der Waals surface area contributed by atoms with Gasteiger partial charge in [-0.2, -0.15) is 0 Å². The van der Waals surface area contributed by atoms with E-state index in [1.165, 1.54) is 6.20 Å². The number of amides is 1. The minimum Gasteiger partial charge on any atom is -0.319 e. The highest BCUT2D eigenvalue weighted by molar-refractivity contribution is 7.13. The molecule has 0 aliphatic heterocycles. The van der Waals surface area contributed by atoms with Crippen molar-refractivity contribution in [1.29, 1.82) is 0 Å². The lowest BCUT2D eigenvalue weighted by atomic mass is 10.2. The summed E-state index contributed by atoms with van der Waals surface area (Å²) >= 11 is 1.11. The number of aryl methyl sites for hydroxylation is 1. The molecule has 0 atom stereocenters. The Bertz CT molecular complexity index is 612. The highest BCUT2D eigenvalue weighted by atomic mass is 32.1. The number of hydrogen-bond donors (Lipinski definition) is 1. The van der Waals surface area contributed by atoms with E-state index in [0.717, 1.165) is 23.5 Å². The number of rotatable bonds is 2. The molecule has 0 fully saturated rings. The third-order valence-corrected chi connectivity index (χ3v) is 3.04. The van der Waals surface area contributed by atoms with Crippen molar-refractivity contribution >= 4 is 22.9 Å². The van der Waals surface area contributed by atoms with Crippen molar-refractivity contribution in [3.05, 3.63) is 45.7 Å². The molecule has 1 aromatic carbocycles. The molecule has 0 saturated carbocycles. The Morgan fingerprint density at radius 3 is 2.61 bits per heavy atom. The van der Waals surface area contributed by atoms with E-state index < -0.39 is 29.0 Å². The summed E-state index contributed by atoms with van der Waals surface area (Å²) in [7, 11) is 0. The van der Waals surface area contributed by atoms with Crippen molar-refractivity contribution < 1.29 is 18.0 Å². The van der Waals surface area contributed by atoms with Gasteiger partial charge in [0.2, 0.25) is 0 Å². The monoisotopic (exact) mass is 272 g/mol. The van der Waals surface area contributed by atoms with Crippen molar-refractivity contribution in [3.8, 4) is 0 Å². The Morgan fingerprint density at radius 2 is 2.00 bits per heavy atom. The van der Waals surface area contributed by atoms with Gasteiger partial charge in [-0.3, -0.25) is 4.79 Å². The molecule has 0 saturated heterocycles. The maximum Gasteiger partial charge on any atom is 0.267 e. The molecule has 0 aliphatic carbocycles. The second-order valence-electron chi connectivity index (χ2n) is 3.42. The van der Waals surface area contributed by atoms with Gasteiger partial charge in [0.1, 0.15) is 4.88 Å². The molecule has 0 radical (unpaired) electrons. The van der Waals surface area contributed by atoms with Crippen LogP contribution in [0.3, 0.4) is 0 Å². The Kier molecular flexibility index (Phi) is 3.33. The zero-order valence-corrected chi connectivity index (χ0v) is 9.95. The molecule has 0 unspecified atom stereocenters. The van der Waals surface area contributed by atoms with E-state index in [4.69, 9.17) is 0 Å². The minimum atomic E-state index is -1.62. The molecule has 0 aliphatic rings. The lowest BCUT2D eigenvalue weighted by molar-refractivity contribution is 0.102. The number of nitrogens with zero attached hydrogens (tertiary/aromatic N) is 1. The molecule has 2 aromatic rings. The van der Waals surface area contributed by atoms with E-state index in [2.05, 4.69) is 10.3 Å². The van der Waals surface area contributed by atoms with Gasteiger partial charge in [0.25, 0.3) is 5.91 Å². The molecule has 2 rings (SSSR count). The maximum atomic E-state index is 13.3. The highest BCUT2D eigenvalue weighted by Crippen LogP contribution is 2.21. The first-order valence-corrected chi connectivity index (χ1v) is 5.68. The smallest absolute Gasteiger partial charge is 0.267 e. The van der Waals surface area contributed by atoms with E-state index >= 15 is 0 Å². The third kappa shape index (κ3) is 2.35. The lowest BCUT2D eigenvalue weighted by Crippen LogP contribution is -2.12. The maximum absolute atomic E-state index is 13.3. The molecule has 1 N–H and O–H groups in total. The van der Waals surface area contributed by atoms with E-state index in [9.17, 15) is 18.0 Å². The first-order chi connectivity index (χ1) is 8.49. The fourth-order valence-corrected chi connectivity index (χ4v) is 1.95. The van der Waals surface area contributed by atoms with Crippen LogP contribution in [-0.2, 0) is 0 Å². The number of nitrogens with one attached hydrogen (secondary N) is 1. The first-order valence-electron chi connectivity index (χ1n) is 4.86. The van der Waals surface area contributed by atoms with E-state index in [-0.39, 0.29) is 4.88 Å². The van der Waals surface area contributed by atoms with Crippen molar-refractivity contribution in [2.24, 2.45) is 0 Å². The molecule has 3 nitrogen and oxygen atoms in total. The SMILES string of the molecule is Cc1ncc(C(=O)Nc2ccc(F)c(F)c2F)s1. The van der Waals surface area contributed by atoms with Gasteiger partial charge in [0.05, 0.1) is 16.9 Å². The number of hydrogen-bond acceptors (Lipinski definition) is 3. The summed E-state index contributed by atoms with van der Waals surface area (Å²) in [5.41, 5.74) is -0.412. The fraction of sp³-hybridized carbons (Fsp3) is 0.0909. The van der Waals surface area contributed by atoms with Crippen LogP contribution >= 0.6 is 11.3 Å². The van der Waals surface area contributed by atoms with Gasteiger partial charge in [-0.1, -0.05) is 0 Å². The number of carbonyl (C=O) groups excluding carboxylic acids is 1. The van der Waals surface area contributed by atoms with Gasteiger partial charge in [0, 0.05) is 0 Å². The summed E-state index contributed by atoms with van der Waals surface area (Å²) in [5, 5.41) is 2.83. The Hall–Kier alpha value is -1.89. The second kappa shape index (κ2) is 4.77. The van der Waals surface area contributed by atoms with Crippen LogP contribution in [0.4, 0.5) is 18.9 Å². The molecule has 0 bridgehead atoms. The molecule has 18 heavy (non-hydrogen) atoms. The molecule has 1 heterocycles. The molecular weight excluding hydrogens is 265 g/mol. The largest absolute Gasteiger partial charge is 0.319 e. The molecular formula is C11H7F3N2OS. The van der Waals surface area contributed by atoms with Crippen molar-refractivity contribution in [1.82, 2.24) is 4.98 Å². The topological polar surface area (TPSA) is 42.0 Å². The normalized spacial score (nSPS) is 10.4. The molecule has 1 aromatic heterocycles. The second-order valence-corrected chi connectivity index (χ2v) is 4.66. The molecule has 7 heteroatoms. The number of thiazole rings is 1. The van der Waals surface area contributed by atoms with Crippen molar-refractivity contribution in [3.63, 3.8) is 0 Å². The van der Waals surface area contributed by atoms with Crippen LogP contribution in [0.2, 0.25) is 0 Å². The average molecular weight is 272 g/mol. The lowest BCUT2D eigenvalue weighted by Gasteiger charge is -2.05. The van der Waals surface area contributed by atoms with Crippen molar-refractivity contribution in [2.45, 2.75) is 6.92 Å². The highest BCUT2D eigenvalue weighted by Gasteiger charge is 2.16. The Morgan fingerprint density at radius 1 is 1.28 bits per heavy atom. The summed E-state index contributed by atoms with van der Waals surface area (Å²) in [4.78, 5) is 15.8. The van der Waals surface area contributed by atoms with E-state index in [1.54, 1.807) is 6.92 Å². The van der Waals surface area contributed by atoms with Crippen molar-refractivity contribution in [2.75, 3.05) is 5.32 Å². The minimum absolute atomic E-state index is 0.261. The molecule has 1 amide bonds. The molecule has 0 spiro atoms. The summed E-state index contributed by atoms with van der Waals surface area (Å²) in [5.74, 6) is -4.97. The van der Waals surface area contributed by atoms with E-state index in [1.807, 2.05) is 0 Å². The number of aromatic nitrogens is 1. The van der Waals surface area contributed by atoms with Gasteiger partial charge in [-0.25, -0.2) is 18.2 Å². The average Bonchev–Trinajstić information content (AvgIpc) is 2.77. The zero-order valence-electron chi connectivity index (χ0n) is 9.13. The fourth-order valence-electron chi connectivity index (χ4n) is 1.27. The number of benzene rings is 1. The van der Waals surface area contributed by atoms with Crippen LogP contribution < -0.4 is 5.32 Å². The summed E-state index contributed by atoms with van der Waals surface area (Å²) in [6.45, 7) is 1.71. The molecule has 94 valence electrons. The van der Waals surface area contributed by atoms with Gasteiger partial charge < -0.3 is 5.32 Å².